The third kappa shape index (κ3) is 3.84. The maximum absolute atomic E-state index is 5.97. The van der Waals surface area contributed by atoms with Crippen LogP contribution in [0.15, 0.2) is 28.7 Å². The second-order valence-electron chi connectivity index (χ2n) is 6.65. The molecule has 2 heteroatoms. The summed E-state index contributed by atoms with van der Waals surface area (Å²) in [5.41, 5.74) is 2.43. The molecule has 0 fully saturated rings. The Morgan fingerprint density at radius 1 is 1.26 bits per heavy atom. The van der Waals surface area contributed by atoms with Crippen molar-refractivity contribution in [1.29, 1.82) is 0 Å². The van der Waals surface area contributed by atoms with E-state index in [-0.39, 0.29) is 5.54 Å². The summed E-state index contributed by atoms with van der Waals surface area (Å²) in [6.07, 6.45) is 0.983. The quantitative estimate of drug-likeness (QED) is 0.885. The zero-order chi connectivity index (χ0) is 14.0. The lowest BCUT2D eigenvalue weighted by Crippen LogP contribution is -2.38. The van der Waals surface area contributed by atoms with Crippen LogP contribution in [-0.2, 0) is 6.42 Å². The first kappa shape index (κ1) is 14.1. The molecule has 0 aliphatic rings. The van der Waals surface area contributed by atoms with Gasteiger partial charge in [0.05, 0.1) is 0 Å². The molecule has 0 aliphatic heterocycles. The van der Waals surface area contributed by atoms with Gasteiger partial charge < -0.3 is 9.73 Å². The Bertz CT molecular complexity index is 548. The number of aryl methyl sites for hydroxylation is 1. The largest absolute Gasteiger partial charge is 0.461 e. The molecule has 0 aliphatic carbocycles. The Kier molecular flexibility index (Phi) is 4.00. The Hall–Kier alpha value is -1.28. The van der Waals surface area contributed by atoms with E-state index in [1.165, 1.54) is 10.9 Å². The molecule has 1 N–H and O–H groups in total. The number of rotatable bonds is 4. The van der Waals surface area contributed by atoms with E-state index in [0.29, 0.717) is 5.92 Å². The number of fused-ring (bicyclic) bond motifs is 1. The SMILES string of the molecule is Cc1cccc2cc(CC(C)CNC(C)(C)C)oc12. The monoisotopic (exact) mass is 259 g/mol. The minimum Gasteiger partial charge on any atom is -0.461 e. The summed E-state index contributed by atoms with van der Waals surface area (Å²) in [4.78, 5) is 0. The highest BCUT2D eigenvalue weighted by Gasteiger charge is 2.13. The van der Waals surface area contributed by atoms with Crippen LogP contribution in [0.25, 0.3) is 11.0 Å². The Morgan fingerprint density at radius 3 is 2.63 bits per heavy atom. The Morgan fingerprint density at radius 2 is 2.00 bits per heavy atom. The van der Waals surface area contributed by atoms with E-state index >= 15 is 0 Å². The predicted octanol–water partition coefficient (Wildman–Crippen LogP) is 4.31. The summed E-state index contributed by atoms with van der Waals surface area (Å²) in [6, 6.07) is 8.48. The van der Waals surface area contributed by atoms with E-state index < -0.39 is 0 Å². The highest BCUT2D eigenvalue weighted by Crippen LogP contribution is 2.24. The van der Waals surface area contributed by atoms with Crippen LogP contribution in [0.5, 0.6) is 0 Å². The van der Waals surface area contributed by atoms with Crippen molar-refractivity contribution >= 4 is 11.0 Å². The molecule has 1 aromatic carbocycles. The average Bonchev–Trinajstić information content (AvgIpc) is 2.69. The van der Waals surface area contributed by atoms with E-state index in [1.807, 2.05) is 0 Å². The van der Waals surface area contributed by atoms with E-state index in [2.05, 4.69) is 64.2 Å². The number of hydrogen-bond donors (Lipinski definition) is 1. The molecule has 0 amide bonds. The molecule has 2 rings (SSSR count). The molecule has 1 atom stereocenters. The average molecular weight is 259 g/mol. The summed E-state index contributed by atoms with van der Waals surface area (Å²) in [5.74, 6) is 1.66. The molecule has 1 heterocycles. The first-order valence-electron chi connectivity index (χ1n) is 7.08. The van der Waals surface area contributed by atoms with Crippen molar-refractivity contribution in [1.82, 2.24) is 5.32 Å². The highest BCUT2D eigenvalue weighted by molar-refractivity contribution is 5.80. The highest BCUT2D eigenvalue weighted by atomic mass is 16.3. The summed E-state index contributed by atoms with van der Waals surface area (Å²) < 4.78 is 5.97. The fourth-order valence-corrected chi connectivity index (χ4v) is 2.26. The standard InChI is InChI=1S/C17H25NO/c1-12(11-18-17(3,4)5)9-15-10-14-8-6-7-13(2)16(14)19-15/h6-8,10,12,18H,9,11H2,1-5H3. The molecule has 0 spiro atoms. The lowest BCUT2D eigenvalue weighted by molar-refractivity contribution is 0.370. The van der Waals surface area contributed by atoms with Gasteiger partial charge in [0.1, 0.15) is 11.3 Å². The smallest absolute Gasteiger partial charge is 0.137 e. The van der Waals surface area contributed by atoms with E-state index in [9.17, 15) is 0 Å². The van der Waals surface area contributed by atoms with Crippen molar-refractivity contribution in [3.8, 4) is 0 Å². The molecule has 2 aromatic rings. The van der Waals surface area contributed by atoms with Crippen molar-refractivity contribution in [3.63, 3.8) is 0 Å². The van der Waals surface area contributed by atoms with Gasteiger partial charge in [-0.2, -0.15) is 0 Å². The zero-order valence-corrected chi connectivity index (χ0v) is 12.7. The predicted molar refractivity (Wildman–Crippen MR) is 81.6 cm³/mol. The van der Waals surface area contributed by atoms with Gasteiger partial charge in [0.2, 0.25) is 0 Å². The van der Waals surface area contributed by atoms with Gasteiger partial charge in [-0.3, -0.25) is 0 Å². The van der Waals surface area contributed by atoms with Crippen LogP contribution in [0, 0.1) is 12.8 Å². The van der Waals surface area contributed by atoms with Crippen LogP contribution in [0.4, 0.5) is 0 Å². The van der Waals surface area contributed by atoms with Crippen molar-refractivity contribution in [2.24, 2.45) is 5.92 Å². The van der Waals surface area contributed by atoms with Crippen LogP contribution < -0.4 is 5.32 Å². The van der Waals surface area contributed by atoms with Gasteiger partial charge in [-0.15, -0.1) is 0 Å². The van der Waals surface area contributed by atoms with Crippen LogP contribution in [0.3, 0.4) is 0 Å². The summed E-state index contributed by atoms with van der Waals surface area (Å²) in [7, 11) is 0. The summed E-state index contributed by atoms with van der Waals surface area (Å²) >= 11 is 0. The molecule has 19 heavy (non-hydrogen) atoms. The first-order chi connectivity index (χ1) is 8.85. The molecular formula is C17H25NO. The second-order valence-corrected chi connectivity index (χ2v) is 6.65. The van der Waals surface area contributed by atoms with Gasteiger partial charge in [0, 0.05) is 17.3 Å². The van der Waals surface area contributed by atoms with Crippen molar-refractivity contribution < 1.29 is 4.42 Å². The normalized spacial score (nSPS) is 13.9. The van der Waals surface area contributed by atoms with Gasteiger partial charge in [-0.1, -0.05) is 25.1 Å². The van der Waals surface area contributed by atoms with Gasteiger partial charge in [-0.05, 0) is 51.8 Å². The van der Waals surface area contributed by atoms with Crippen LogP contribution >= 0.6 is 0 Å². The fourth-order valence-electron chi connectivity index (χ4n) is 2.26. The maximum Gasteiger partial charge on any atom is 0.137 e. The third-order valence-electron chi connectivity index (χ3n) is 3.32. The Balaban J connectivity index is 2.03. The van der Waals surface area contributed by atoms with Crippen LogP contribution in [-0.4, -0.2) is 12.1 Å². The van der Waals surface area contributed by atoms with Gasteiger partial charge in [0.15, 0.2) is 0 Å². The topological polar surface area (TPSA) is 25.2 Å². The lowest BCUT2D eigenvalue weighted by atomic mass is 10.0. The van der Waals surface area contributed by atoms with Crippen LogP contribution in [0.2, 0.25) is 0 Å². The van der Waals surface area contributed by atoms with Gasteiger partial charge in [0.25, 0.3) is 0 Å². The fraction of sp³-hybridized carbons (Fsp3) is 0.529. The first-order valence-corrected chi connectivity index (χ1v) is 7.08. The Labute approximate surface area is 116 Å². The molecule has 1 unspecified atom stereocenters. The minimum absolute atomic E-state index is 0.179. The number of nitrogens with one attached hydrogen (secondary N) is 1. The molecule has 0 bridgehead atoms. The minimum atomic E-state index is 0.179. The summed E-state index contributed by atoms with van der Waals surface area (Å²) in [6.45, 7) is 12.0. The third-order valence-corrected chi connectivity index (χ3v) is 3.32. The number of para-hydroxylation sites is 1. The number of benzene rings is 1. The molecule has 0 radical (unpaired) electrons. The van der Waals surface area contributed by atoms with E-state index in [1.54, 1.807) is 0 Å². The molecule has 0 saturated carbocycles. The molecule has 0 saturated heterocycles. The number of hydrogen-bond acceptors (Lipinski definition) is 2. The van der Waals surface area contributed by atoms with Crippen molar-refractivity contribution in [2.75, 3.05) is 6.54 Å². The molecule has 104 valence electrons. The lowest BCUT2D eigenvalue weighted by Gasteiger charge is -2.23. The van der Waals surface area contributed by atoms with Gasteiger partial charge >= 0.3 is 0 Å². The number of furan rings is 1. The van der Waals surface area contributed by atoms with Crippen LogP contribution in [0.1, 0.15) is 39.0 Å². The second kappa shape index (κ2) is 5.38. The van der Waals surface area contributed by atoms with E-state index in [0.717, 1.165) is 24.3 Å². The van der Waals surface area contributed by atoms with Gasteiger partial charge in [-0.25, -0.2) is 0 Å². The van der Waals surface area contributed by atoms with E-state index in [4.69, 9.17) is 4.42 Å². The molecule has 2 nitrogen and oxygen atoms in total. The summed E-state index contributed by atoms with van der Waals surface area (Å²) in [5, 5.41) is 4.76. The maximum atomic E-state index is 5.97. The molecular weight excluding hydrogens is 234 g/mol. The van der Waals surface area contributed by atoms with Crippen molar-refractivity contribution in [3.05, 3.63) is 35.6 Å². The zero-order valence-electron chi connectivity index (χ0n) is 12.7. The van der Waals surface area contributed by atoms with Crippen molar-refractivity contribution in [2.45, 2.75) is 46.6 Å². The molecule has 1 aromatic heterocycles.